The van der Waals surface area contributed by atoms with Gasteiger partial charge in [0.1, 0.15) is 6.04 Å². The van der Waals surface area contributed by atoms with Crippen molar-refractivity contribution >= 4 is 21.6 Å². The molecular weight excluding hydrogens is 396 g/mol. The smallest absolute Gasteiger partial charge is 0.244 e. The first-order valence-electron chi connectivity index (χ1n) is 10.0. The monoisotopic (exact) mass is 420 g/mol. The molecule has 0 aromatic heterocycles. The number of nitrogens with zero attached hydrogens (tertiary/aromatic N) is 1. The highest BCUT2D eigenvalue weighted by Crippen LogP contribution is 2.30. The van der Waals surface area contributed by atoms with Crippen molar-refractivity contribution in [3.8, 4) is 0 Å². The second kappa shape index (κ2) is 8.42. The topological polar surface area (TPSA) is 66.5 Å². The number of carbonyl (C=O) groups excluding carboxylic acids is 1. The van der Waals surface area contributed by atoms with Gasteiger partial charge >= 0.3 is 0 Å². The van der Waals surface area contributed by atoms with E-state index < -0.39 is 16.1 Å². The average Bonchev–Trinajstić information content (AvgIpc) is 2.79. The molecule has 3 aromatic rings. The van der Waals surface area contributed by atoms with Crippen molar-refractivity contribution < 1.29 is 13.2 Å². The molecule has 1 N–H and O–H groups in total. The minimum atomic E-state index is -3.83. The van der Waals surface area contributed by atoms with Gasteiger partial charge in [-0.15, -0.1) is 0 Å². The molecule has 1 amide bonds. The van der Waals surface area contributed by atoms with Gasteiger partial charge in [0.25, 0.3) is 0 Å². The summed E-state index contributed by atoms with van der Waals surface area (Å²) in [6.07, 6.45) is 1.11. The summed E-state index contributed by atoms with van der Waals surface area (Å²) >= 11 is 0. The third-order valence-electron chi connectivity index (χ3n) is 5.51. The minimum absolute atomic E-state index is 0.168. The van der Waals surface area contributed by atoms with Crippen LogP contribution in [0.4, 0.5) is 5.69 Å². The maximum absolute atomic E-state index is 13.4. The van der Waals surface area contributed by atoms with E-state index >= 15 is 0 Å². The van der Waals surface area contributed by atoms with E-state index in [0.717, 1.165) is 28.8 Å². The van der Waals surface area contributed by atoms with E-state index in [1.54, 1.807) is 30.3 Å². The number of para-hydroxylation sites is 1. The standard InChI is InChI=1S/C24H24N2O3S/c1-2-18-10-8-9-15-22(18)25-24(27)23-16-19-11-6-7-12-20(19)17-26(23)30(28,29)21-13-4-3-5-14-21/h3-15,23H,2,16-17H2,1H3,(H,25,27)/t23-/m1/s1. The zero-order chi connectivity index (χ0) is 21.1. The molecule has 0 fully saturated rings. The van der Waals surface area contributed by atoms with Gasteiger partial charge in [0.2, 0.25) is 15.9 Å². The summed E-state index contributed by atoms with van der Waals surface area (Å²) < 4.78 is 28.2. The number of anilines is 1. The molecule has 0 spiro atoms. The second-order valence-electron chi connectivity index (χ2n) is 7.35. The Bertz CT molecular complexity index is 1160. The van der Waals surface area contributed by atoms with Crippen molar-refractivity contribution in [3.63, 3.8) is 0 Å². The number of aryl methyl sites for hydroxylation is 1. The third kappa shape index (κ3) is 3.88. The predicted molar refractivity (Wildman–Crippen MR) is 118 cm³/mol. The Balaban J connectivity index is 1.72. The van der Waals surface area contributed by atoms with Gasteiger partial charge < -0.3 is 5.32 Å². The quantitative estimate of drug-likeness (QED) is 0.678. The summed E-state index contributed by atoms with van der Waals surface area (Å²) in [5.41, 5.74) is 3.66. The van der Waals surface area contributed by atoms with E-state index in [0.29, 0.717) is 6.42 Å². The number of fused-ring (bicyclic) bond motifs is 1. The maximum Gasteiger partial charge on any atom is 0.244 e. The highest BCUT2D eigenvalue weighted by molar-refractivity contribution is 7.89. The van der Waals surface area contributed by atoms with Crippen molar-refractivity contribution in [1.29, 1.82) is 0 Å². The van der Waals surface area contributed by atoms with Crippen LogP contribution in [-0.4, -0.2) is 24.7 Å². The highest BCUT2D eigenvalue weighted by atomic mass is 32.2. The summed E-state index contributed by atoms with van der Waals surface area (Å²) in [6.45, 7) is 2.19. The van der Waals surface area contributed by atoms with Gasteiger partial charge in [-0.1, -0.05) is 67.6 Å². The largest absolute Gasteiger partial charge is 0.324 e. The second-order valence-corrected chi connectivity index (χ2v) is 9.24. The molecule has 0 radical (unpaired) electrons. The first-order chi connectivity index (χ1) is 14.5. The highest BCUT2D eigenvalue weighted by Gasteiger charge is 2.39. The summed E-state index contributed by atoms with van der Waals surface area (Å²) in [5.74, 6) is -0.315. The first-order valence-corrected chi connectivity index (χ1v) is 11.5. The number of rotatable bonds is 5. The van der Waals surface area contributed by atoms with Crippen LogP contribution in [0.3, 0.4) is 0 Å². The molecule has 6 heteroatoms. The van der Waals surface area contributed by atoms with E-state index in [2.05, 4.69) is 5.32 Å². The van der Waals surface area contributed by atoms with Gasteiger partial charge in [-0.2, -0.15) is 4.31 Å². The normalized spacial score (nSPS) is 16.6. The molecule has 30 heavy (non-hydrogen) atoms. The Hall–Kier alpha value is -2.96. The fraction of sp³-hybridized carbons (Fsp3) is 0.208. The summed E-state index contributed by atoms with van der Waals surface area (Å²) in [6, 6.07) is 22.8. The molecule has 0 bridgehead atoms. The van der Waals surface area contributed by atoms with E-state index in [9.17, 15) is 13.2 Å². The molecule has 0 saturated carbocycles. The van der Waals surface area contributed by atoms with Crippen LogP contribution in [0.15, 0.2) is 83.8 Å². The maximum atomic E-state index is 13.4. The number of hydrogen-bond acceptors (Lipinski definition) is 3. The molecule has 1 atom stereocenters. The lowest BCUT2D eigenvalue weighted by Gasteiger charge is -2.35. The van der Waals surface area contributed by atoms with Crippen LogP contribution in [0, 0.1) is 0 Å². The molecule has 154 valence electrons. The number of sulfonamides is 1. The Morgan fingerprint density at radius 2 is 1.57 bits per heavy atom. The van der Waals surface area contributed by atoms with Crippen molar-refractivity contribution in [3.05, 3.63) is 95.6 Å². The summed E-state index contributed by atoms with van der Waals surface area (Å²) in [7, 11) is -3.83. The molecule has 5 nitrogen and oxygen atoms in total. The molecule has 1 aliphatic heterocycles. The van der Waals surface area contributed by atoms with Gasteiger partial charge in [-0.3, -0.25) is 4.79 Å². The van der Waals surface area contributed by atoms with Crippen molar-refractivity contribution in [2.45, 2.75) is 37.2 Å². The Kier molecular flexibility index (Phi) is 5.70. The summed E-state index contributed by atoms with van der Waals surface area (Å²) in [5, 5.41) is 2.97. The van der Waals surface area contributed by atoms with Crippen LogP contribution in [0.2, 0.25) is 0 Å². The zero-order valence-electron chi connectivity index (χ0n) is 16.8. The zero-order valence-corrected chi connectivity index (χ0v) is 17.6. The molecule has 0 aliphatic carbocycles. The number of amides is 1. The lowest BCUT2D eigenvalue weighted by atomic mass is 9.95. The Morgan fingerprint density at radius 3 is 2.30 bits per heavy atom. The van der Waals surface area contributed by atoms with Crippen molar-refractivity contribution in [2.24, 2.45) is 0 Å². The lowest BCUT2D eigenvalue weighted by Crippen LogP contribution is -2.50. The molecule has 1 aliphatic rings. The van der Waals surface area contributed by atoms with Gasteiger partial charge in [-0.25, -0.2) is 8.42 Å². The van der Waals surface area contributed by atoms with Crippen LogP contribution in [-0.2, 0) is 34.2 Å². The minimum Gasteiger partial charge on any atom is -0.324 e. The van der Waals surface area contributed by atoms with E-state index in [1.807, 2.05) is 55.5 Å². The fourth-order valence-corrected chi connectivity index (χ4v) is 5.46. The third-order valence-corrected chi connectivity index (χ3v) is 7.38. The van der Waals surface area contributed by atoms with Crippen molar-refractivity contribution in [1.82, 2.24) is 4.31 Å². The lowest BCUT2D eigenvalue weighted by molar-refractivity contribution is -0.120. The SMILES string of the molecule is CCc1ccccc1NC(=O)[C@H]1Cc2ccccc2CN1S(=O)(=O)c1ccccc1. The number of nitrogens with one attached hydrogen (secondary N) is 1. The molecule has 1 heterocycles. The van der Waals surface area contributed by atoms with E-state index in [-0.39, 0.29) is 17.3 Å². The van der Waals surface area contributed by atoms with Gasteiger partial charge in [0.05, 0.1) is 4.90 Å². The van der Waals surface area contributed by atoms with Crippen molar-refractivity contribution in [2.75, 3.05) is 5.32 Å². The number of benzene rings is 3. The fourth-order valence-electron chi connectivity index (χ4n) is 3.87. The first kappa shape index (κ1) is 20.3. The van der Waals surface area contributed by atoms with E-state index in [1.165, 1.54) is 4.31 Å². The van der Waals surface area contributed by atoms with Crippen LogP contribution >= 0.6 is 0 Å². The average molecular weight is 421 g/mol. The van der Waals surface area contributed by atoms with Gasteiger partial charge in [0, 0.05) is 12.2 Å². The Morgan fingerprint density at radius 1 is 0.933 bits per heavy atom. The van der Waals surface area contributed by atoms with Crippen LogP contribution < -0.4 is 5.32 Å². The number of hydrogen-bond donors (Lipinski definition) is 1. The number of carbonyl (C=O) groups is 1. The van der Waals surface area contributed by atoms with Gasteiger partial charge in [-0.05, 0) is 47.7 Å². The Labute approximate surface area is 177 Å². The van der Waals surface area contributed by atoms with Crippen LogP contribution in [0.25, 0.3) is 0 Å². The predicted octanol–water partition coefficient (Wildman–Crippen LogP) is 4.00. The molecular formula is C24H24N2O3S. The molecule has 0 saturated heterocycles. The molecule has 4 rings (SSSR count). The van der Waals surface area contributed by atoms with Crippen LogP contribution in [0.5, 0.6) is 0 Å². The molecule has 3 aromatic carbocycles. The molecule has 0 unspecified atom stereocenters. The van der Waals surface area contributed by atoms with Crippen LogP contribution in [0.1, 0.15) is 23.6 Å². The van der Waals surface area contributed by atoms with E-state index in [4.69, 9.17) is 0 Å². The summed E-state index contributed by atoms with van der Waals surface area (Å²) in [4.78, 5) is 13.5. The van der Waals surface area contributed by atoms with Gasteiger partial charge in [0.15, 0.2) is 0 Å².